The maximum absolute atomic E-state index is 11.1. The standard InChI is InChI=1S/C8H12N2O3/c11-7-5-13-8(12)10(7)4-6-2-1-3-9-6/h6,9H,1-5H2/t6-/m0/s1. The lowest BCUT2D eigenvalue weighted by atomic mass is 10.2. The lowest BCUT2D eigenvalue weighted by Crippen LogP contribution is -2.40. The number of cyclic esters (lactones) is 1. The molecule has 2 saturated heterocycles. The number of ether oxygens (including phenoxy) is 1. The van der Waals surface area contributed by atoms with Gasteiger partial charge in [0, 0.05) is 12.6 Å². The van der Waals surface area contributed by atoms with Crippen LogP contribution in [0.3, 0.4) is 0 Å². The summed E-state index contributed by atoms with van der Waals surface area (Å²) in [6.07, 6.45) is 1.64. The third-order valence-electron chi connectivity index (χ3n) is 2.41. The normalized spacial score (nSPS) is 28.3. The molecule has 1 N–H and O–H groups in total. The van der Waals surface area contributed by atoms with E-state index in [0.717, 1.165) is 19.4 Å². The Hall–Kier alpha value is -1.10. The van der Waals surface area contributed by atoms with Crippen molar-refractivity contribution in [3.63, 3.8) is 0 Å². The molecule has 0 saturated carbocycles. The molecule has 2 rings (SSSR count). The SMILES string of the molecule is O=C1COC(=O)N1C[C@@H]1CCCN1. The van der Waals surface area contributed by atoms with Crippen LogP contribution in [-0.4, -0.2) is 42.6 Å². The molecule has 5 heteroatoms. The molecule has 2 heterocycles. The van der Waals surface area contributed by atoms with E-state index in [1.807, 2.05) is 0 Å². The second kappa shape index (κ2) is 3.33. The van der Waals surface area contributed by atoms with E-state index >= 15 is 0 Å². The van der Waals surface area contributed by atoms with Crippen molar-refractivity contribution in [2.75, 3.05) is 19.7 Å². The van der Waals surface area contributed by atoms with Crippen LogP contribution in [0.2, 0.25) is 0 Å². The molecule has 0 aromatic rings. The number of hydrogen-bond donors (Lipinski definition) is 1. The second-order valence-corrected chi connectivity index (χ2v) is 3.35. The number of carbonyl (C=O) groups excluding carboxylic acids is 2. The second-order valence-electron chi connectivity index (χ2n) is 3.35. The van der Waals surface area contributed by atoms with Gasteiger partial charge in [0.2, 0.25) is 0 Å². The summed E-state index contributed by atoms with van der Waals surface area (Å²) in [4.78, 5) is 23.3. The topological polar surface area (TPSA) is 58.6 Å². The lowest BCUT2D eigenvalue weighted by molar-refractivity contribution is -0.126. The van der Waals surface area contributed by atoms with Crippen LogP contribution in [0.25, 0.3) is 0 Å². The Kier molecular flexibility index (Phi) is 2.18. The monoisotopic (exact) mass is 184 g/mol. The first-order valence-corrected chi connectivity index (χ1v) is 4.48. The van der Waals surface area contributed by atoms with E-state index in [4.69, 9.17) is 0 Å². The highest BCUT2D eigenvalue weighted by atomic mass is 16.6. The van der Waals surface area contributed by atoms with E-state index < -0.39 is 6.09 Å². The fourth-order valence-corrected chi connectivity index (χ4v) is 1.69. The Labute approximate surface area is 76.0 Å². The van der Waals surface area contributed by atoms with Gasteiger partial charge in [0.1, 0.15) is 0 Å². The number of carbonyl (C=O) groups is 2. The zero-order valence-electron chi connectivity index (χ0n) is 7.28. The molecule has 0 spiro atoms. The summed E-state index contributed by atoms with van der Waals surface area (Å²) in [5.74, 6) is -0.223. The molecule has 2 amide bonds. The maximum Gasteiger partial charge on any atom is 0.417 e. The molecular weight excluding hydrogens is 172 g/mol. The van der Waals surface area contributed by atoms with Crippen molar-refractivity contribution in [1.82, 2.24) is 10.2 Å². The predicted octanol–water partition coefficient (Wildman–Crippen LogP) is -0.283. The van der Waals surface area contributed by atoms with Gasteiger partial charge in [-0.1, -0.05) is 0 Å². The van der Waals surface area contributed by atoms with Crippen LogP contribution in [-0.2, 0) is 9.53 Å². The van der Waals surface area contributed by atoms with Crippen molar-refractivity contribution < 1.29 is 14.3 Å². The van der Waals surface area contributed by atoms with Gasteiger partial charge in [-0.25, -0.2) is 9.69 Å². The molecule has 5 nitrogen and oxygen atoms in total. The van der Waals surface area contributed by atoms with Crippen LogP contribution in [0.5, 0.6) is 0 Å². The first kappa shape index (κ1) is 8.50. The van der Waals surface area contributed by atoms with Gasteiger partial charge in [0.15, 0.2) is 6.61 Å². The third-order valence-corrected chi connectivity index (χ3v) is 2.41. The Bertz CT molecular complexity index is 220. The minimum atomic E-state index is -0.501. The molecule has 13 heavy (non-hydrogen) atoms. The molecule has 2 fully saturated rings. The van der Waals surface area contributed by atoms with Crippen molar-refractivity contribution in [2.45, 2.75) is 18.9 Å². The van der Waals surface area contributed by atoms with Gasteiger partial charge in [0.05, 0.1) is 0 Å². The van der Waals surface area contributed by atoms with Crippen LogP contribution in [0.1, 0.15) is 12.8 Å². The highest BCUT2D eigenvalue weighted by molar-refractivity contribution is 5.97. The Morgan fingerprint density at radius 1 is 1.54 bits per heavy atom. The Morgan fingerprint density at radius 2 is 2.38 bits per heavy atom. The van der Waals surface area contributed by atoms with E-state index in [0.29, 0.717) is 6.54 Å². The largest absolute Gasteiger partial charge is 0.439 e. The summed E-state index contributed by atoms with van der Waals surface area (Å²) in [5.41, 5.74) is 0. The first-order chi connectivity index (χ1) is 6.27. The third kappa shape index (κ3) is 1.65. The number of rotatable bonds is 2. The van der Waals surface area contributed by atoms with Crippen molar-refractivity contribution in [3.8, 4) is 0 Å². The summed E-state index contributed by atoms with van der Waals surface area (Å²) in [6.45, 7) is 1.34. The minimum absolute atomic E-state index is 0.0917. The van der Waals surface area contributed by atoms with Crippen LogP contribution in [0.15, 0.2) is 0 Å². The van der Waals surface area contributed by atoms with Gasteiger partial charge in [-0.15, -0.1) is 0 Å². The van der Waals surface area contributed by atoms with Crippen LogP contribution < -0.4 is 5.32 Å². The molecule has 0 aliphatic carbocycles. The van der Waals surface area contributed by atoms with Gasteiger partial charge in [-0.3, -0.25) is 4.79 Å². The summed E-state index contributed by atoms with van der Waals surface area (Å²) in [6, 6.07) is 0.259. The van der Waals surface area contributed by atoms with Crippen molar-refractivity contribution >= 4 is 12.0 Å². The predicted molar refractivity (Wildman–Crippen MR) is 44.1 cm³/mol. The van der Waals surface area contributed by atoms with Gasteiger partial charge in [0.25, 0.3) is 5.91 Å². The molecule has 1 atom stereocenters. The van der Waals surface area contributed by atoms with Gasteiger partial charge in [-0.05, 0) is 19.4 Å². The fraction of sp³-hybridized carbons (Fsp3) is 0.750. The summed E-state index contributed by atoms with van der Waals surface area (Å²) in [5, 5.41) is 3.22. The van der Waals surface area contributed by atoms with E-state index in [2.05, 4.69) is 10.1 Å². The molecule has 2 aliphatic rings. The smallest absolute Gasteiger partial charge is 0.417 e. The van der Waals surface area contributed by atoms with Crippen LogP contribution in [0.4, 0.5) is 4.79 Å². The number of amides is 2. The summed E-state index contributed by atoms with van der Waals surface area (Å²) in [7, 11) is 0. The summed E-state index contributed by atoms with van der Waals surface area (Å²) >= 11 is 0. The average molecular weight is 184 g/mol. The molecule has 0 aromatic heterocycles. The number of imide groups is 1. The van der Waals surface area contributed by atoms with E-state index in [-0.39, 0.29) is 18.6 Å². The Balaban J connectivity index is 1.92. The van der Waals surface area contributed by atoms with E-state index in [1.165, 1.54) is 4.90 Å². The van der Waals surface area contributed by atoms with E-state index in [1.54, 1.807) is 0 Å². The lowest BCUT2D eigenvalue weighted by Gasteiger charge is -2.15. The van der Waals surface area contributed by atoms with Crippen molar-refractivity contribution in [3.05, 3.63) is 0 Å². The molecule has 72 valence electrons. The zero-order valence-corrected chi connectivity index (χ0v) is 7.28. The number of nitrogens with one attached hydrogen (secondary N) is 1. The quantitative estimate of drug-likeness (QED) is 0.641. The van der Waals surface area contributed by atoms with Crippen molar-refractivity contribution in [1.29, 1.82) is 0 Å². The van der Waals surface area contributed by atoms with Crippen molar-refractivity contribution in [2.24, 2.45) is 0 Å². The van der Waals surface area contributed by atoms with Crippen LogP contribution >= 0.6 is 0 Å². The van der Waals surface area contributed by atoms with E-state index in [9.17, 15) is 9.59 Å². The molecule has 0 unspecified atom stereocenters. The molecule has 0 aromatic carbocycles. The van der Waals surface area contributed by atoms with Crippen LogP contribution in [0, 0.1) is 0 Å². The zero-order chi connectivity index (χ0) is 9.26. The maximum atomic E-state index is 11.1. The molecule has 0 radical (unpaired) electrons. The average Bonchev–Trinajstić information content (AvgIpc) is 2.70. The number of hydrogen-bond acceptors (Lipinski definition) is 4. The van der Waals surface area contributed by atoms with Gasteiger partial charge >= 0.3 is 6.09 Å². The molecular formula is C8H12N2O3. The highest BCUT2D eigenvalue weighted by Crippen LogP contribution is 2.11. The summed E-state index contributed by atoms with van der Waals surface area (Å²) < 4.78 is 4.60. The first-order valence-electron chi connectivity index (χ1n) is 4.48. The Morgan fingerprint density at radius 3 is 2.92 bits per heavy atom. The molecule has 2 aliphatic heterocycles. The van der Waals surface area contributed by atoms with Gasteiger partial charge in [-0.2, -0.15) is 0 Å². The molecule has 0 bridgehead atoms. The highest BCUT2D eigenvalue weighted by Gasteiger charge is 2.33. The number of nitrogens with zero attached hydrogens (tertiary/aromatic N) is 1. The van der Waals surface area contributed by atoms with Gasteiger partial charge < -0.3 is 10.1 Å². The fourth-order valence-electron chi connectivity index (χ4n) is 1.69. The minimum Gasteiger partial charge on any atom is -0.439 e.